The molecular formula is C8H11ClN2OS. The van der Waals surface area contributed by atoms with Crippen LogP contribution in [-0.2, 0) is 0 Å². The first-order chi connectivity index (χ1) is 6.09. The predicted molar refractivity (Wildman–Crippen MR) is 54.3 cm³/mol. The minimum atomic E-state index is -0.0990. The average Bonchev–Trinajstić information content (AvgIpc) is 2.47. The number of halogens is 1. The molecule has 0 unspecified atom stereocenters. The molecule has 1 aromatic rings. The SMILES string of the molecule is CC(C)CNC(=O)c1cnc(Cl)s1. The summed E-state index contributed by atoms with van der Waals surface area (Å²) in [4.78, 5) is 15.7. The third kappa shape index (κ3) is 3.32. The molecule has 72 valence electrons. The Balaban J connectivity index is 2.49. The first-order valence-electron chi connectivity index (χ1n) is 3.99. The summed E-state index contributed by atoms with van der Waals surface area (Å²) in [5, 5.41) is 2.78. The summed E-state index contributed by atoms with van der Waals surface area (Å²) in [7, 11) is 0. The fourth-order valence-electron chi connectivity index (χ4n) is 0.742. The third-order valence-electron chi connectivity index (χ3n) is 1.37. The Hall–Kier alpha value is -0.610. The highest BCUT2D eigenvalue weighted by atomic mass is 35.5. The van der Waals surface area contributed by atoms with Crippen molar-refractivity contribution in [3.05, 3.63) is 15.5 Å². The van der Waals surface area contributed by atoms with Crippen LogP contribution < -0.4 is 5.32 Å². The van der Waals surface area contributed by atoms with Gasteiger partial charge in [0.1, 0.15) is 4.88 Å². The van der Waals surface area contributed by atoms with Gasteiger partial charge in [-0.2, -0.15) is 0 Å². The van der Waals surface area contributed by atoms with Gasteiger partial charge in [0.25, 0.3) is 5.91 Å². The van der Waals surface area contributed by atoms with Gasteiger partial charge in [-0.3, -0.25) is 4.79 Å². The molecule has 0 bridgehead atoms. The first kappa shape index (κ1) is 10.5. The fraction of sp³-hybridized carbons (Fsp3) is 0.500. The summed E-state index contributed by atoms with van der Waals surface area (Å²) in [6, 6.07) is 0. The molecule has 0 aromatic carbocycles. The number of nitrogens with zero attached hydrogens (tertiary/aromatic N) is 1. The minimum Gasteiger partial charge on any atom is -0.351 e. The lowest BCUT2D eigenvalue weighted by molar-refractivity contribution is 0.0953. The highest BCUT2D eigenvalue weighted by Crippen LogP contribution is 2.17. The van der Waals surface area contributed by atoms with E-state index in [0.29, 0.717) is 21.8 Å². The van der Waals surface area contributed by atoms with Crippen molar-refractivity contribution < 1.29 is 4.79 Å². The van der Waals surface area contributed by atoms with Gasteiger partial charge in [0.2, 0.25) is 0 Å². The number of rotatable bonds is 3. The lowest BCUT2D eigenvalue weighted by Gasteiger charge is -2.04. The second-order valence-corrected chi connectivity index (χ2v) is 4.69. The maximum absolute atomic E-state index is 11.4. The van der Waals surface area contributed by atoms with Crippen LogP contribution in [0.4, 0.5) is 0 Å². The zero-order chi connectivity index (χ0) is 9.84. The van der Waals surface area contributed by atoms with Crippen molar-refractivity contribution in [2.24, 2.45) is 5.92 Å². The van der Waals surface area contributed by atoms with Gasteiger partial charge in [0.15, 0.2) is 4.47 Å². The van der Waals surface area contributed by atoms with E-state index in [2.05, 4.69) is 10.3 Å². The third-order valence-corrected chi connectivity index (χ3v) is 2.49. The van der Waals surface area contributed by atoms with E-state index in [0.717, 1.165) is 0 Å². The molecule has 13 heavy (non-hydrogen) atoms. The van der Waals surface area contributed by atoms with Crippen molar-refractivity contribution in [2.75, 3.05) is 6.54 Å². The zero-order valence-electron chi connectivity index (χ0n) is 7.50. The van der Waals surface area contributed by atoms with Crippen molar-refractivity contribution in [1.29, 1.82) is 0 Å². The summed E-state index contributed by atoms with van der Waals surface area (Å²) in [5.74, 6) is 0.352. The molecule has 1 rings (SSSR count). The van der Waals surface area contributed by atoms with E-state index in [1.807, 2.05) is 13.8 Å². The van der Waals surface area contributed by atoms with E-state index in [1.165, 1.54) is 17.5 Å². The van der Waals surface area contributed by atoms with E-state index < -0.39 is 0 Å². The smallest absolute Gasteiger partial charge is 0.263 e. The van der Waals surface area contributed by atoms with Crippen molar-refractivity contribution in [2.45, 2.75) is 13.8 Å². The Morgan fingerprint density at radius 2 is 2.46 bits per heavy atom. The van der Waals surface area contributed by atoms with Gasteiger partial charge in [-0.15, -0.1) is 0 Å². The van der Waals surface area contributed by atoms with Crippen LogP contribution in [0, 0.1) is 5.92 Å². The lowest BCUT2D eigenvalue weighted by atomic mass is 10.2. The number of hydrogen-bond acceptors (Lipinski definition) is 3. The summed E-state index contributed by atoms with van der Waals surface area (Å²) in [6.07, 6.45) is 1.49. The van der Waals surface area contributed by atoms with Gasteiger partial charge < -0.3 is 5.32 Å². The zero-order valence-corrected chi connectivity index (χ0v) is 9.08. The molecule has 0 aliphatic heterocycles. The molecule has 1 N–H and O–H groups in total. The molecule has 1 heterocycles. The Labute approximate surface area is 86.1 Å². The summed E-state index contributed by atoms with van der Waals surface area (Å²) in [5.41, 5.74) is 0. The van der Waals surface area contributed by atoms with Crippen LogP contribution in [0.5, 0.6) is 0 Å². The van der Waals surface area contributed by atoms with E-state index in [1.54, 1.807) is 0 Å². The van der Waals surface area contributed by atoms with Crippen LogP contribution in [0.15, 0.2) is 6.20 Å². The van der Waals surface area contributed by atoms with Gasteiger partial charge >= 0.3 is 0 Å². The second kappa shape index (κ2) is 4.58. The Bertz CT molecular complexity index is 298. The topological polar surface area (TPSA) is 42.0 Å². The maximum Gasteiger partial charge on any atom is 0.263 e. The highest BCUT2D eigenvalue weighted by Gasteiger charge is 2.09. The molecule has 1 amide bonds. The second-order valence-electron chi connectivity index (χ2n) is 3.08. The Kier molecular flexibility index (Phi) is 3.69. The van der Waals surface area contributed by atoms with Crippen LogP contribution >= 0.6 is 22.9 Å². The number of aromatic nitrogens is 1. The average molecular weight is 219 g/mol. The maximum atomic E-state index is 11.4. The molecular weight excluding hydrogens is 208 g/mol. The van der Waals surface area contributed by atoms with E-state index in [4.69, 9.17) is 11.6 Å². The summed E-state index contributed by atoms with van der Waals surface area (Å²) >= 11 is 6.78. The molecule has 3 nitrogen and oxygen atoms in total. The predicted octanol–water partition coefficient (Wildman–Crippen LogP) is 2.18. The molecule has 5 heteroatoms. The lowest BCUT2D eigenvalue weighted by Crippen LogP contribution is -2.26. The number of carbonyl (C=O) groups excluding carboxylic acids is 1. The highest BCUT2D eigenvalue weighted by molar-refractivity contribution is 7.17. The Morgan fingerprint density at radius 1 is 1.77 bits per heavy atom. The summed E-state index contributed by atoms with van der Waals surface area (Å²) < 4.78 is 0.398. The van der Waals surface area contributed by atoms with Gasteiger partial charge in [-0.1, -0.05) is 36.8 Å². The minimum absolute atomic E-state index is 0.0990. The number of amides is 1. The van der Waals surface area contributed by atoms with Crippen LogP contribution in [0.3, 0.4) is 0 Å². The van der Waals surface area contributed by atoms with Crippen molar-refractivity contribution in [3.8, 4) is 0 Å². The van der Waals surface area contributed by atoms with Gasteiger partial charge in [-0.05, 0) is 5.92 Å². The normalized spacial score (nSPS) is 10.5. The van der Waals surface area contributed by atoms with E-state index in [9.17, 15) is 4.79 Å². The number of thiazole rings is 1. The largest absolute Gasteiger partial charge is 0.351 e. The molecule has 0 atom stereocenters. The summed E-state index contributed by atoms with van der Waals surface area (Å²) in [6.45, 7) is 4.76. The van der Waals surface area contributed by atoms with Crippen molar-refractivity contribution in [3.63, 3.8) is 0 Å². The molecule has 0 spiro atoms. The molecule has 0 fully saturated rings. The standard InChI is InChI=1S/C8H11ClN2OS/c1-5(2)3-10-7(12)6-4-11-8(9)13-6/h4-5H,3H2,1-2H3,(H,10,12). The monoisotopic (exact) mass is 218 g/mol. The molecule has 0 aliphatic rings. The van der Waals surface area contributed by atoms with Crippen LogP contribution in [0.2, 0.25) is 4.47 Å². The number of hydrogen-bond donors (Lipinski definition) is 1. The molecule has 0 aliphatic carbocycles. The molecule has 0 saturated carbocycles. The van der Waals surface area contributed by atoms with Crippen molar-refractivity contribution >= 4 is 28.8 Å². The van der Waals surface area contributed by atoms with Crippen molar-refractivity contribution in [1.82, 2.24) is 10.3 Å². The van der Waals surface area contributed by atoms with Crippen LogP contribution in [-0.4, -0.2) is 17.4 Å². The van der Waals surface area contributed by atoms with E-state index >= 15 is 0 Å². The van der Waals surface area contributed by atoms with Gasteiger partial charge in [0.05, 0.1) is 6.20 Å². The Morgan fingerprint density at radius 3 is 2.92 bits per heavy atom. The number of carbonyl (C=O) groups is 1. The van der Waals surface area contributed by atoms with Crippen LogP contribution in [0.1, 0.15) is 23.5 Å². The fourth-order valence-corrected chi connectivity index (χ4v) is 1.60. The van der Waals surface area contributed by atoms with Gasteiger partial charge in [0, 0.05) is 6.54 Å². The van der Waals surface area contributed by atoms with E-state index in [-0.39, 0.29) is 5.91 Å². The number of nitrogens with one attached hydrogen (secondary N) is 1. The van der Waals surface area contributed by atoms with Crippen LogP contribution in [0.25, 0.3) is 0 Å². The van der Waals surface area contributed by atoms with Gasteiger partial charge in [-0.25, -0.2) is 4.98 Å². The first-order valence-corrected chi connectivity index (χ1v) is 5.18. The quantitative estimate of drug-likeness (QED) is 0.845. The molecule has 1 aromatic heterocycles. The molecule has 0 radical (unpaired) electrons. The molecule has 0 saturated heterocycles.